The second kappa shape index (κ2) is 8.32. The average molecular weight is 332 g/mol. The zero-order valence-electron chi connectivity index (χ0n) is 11.5. The molecule has 0 amide bonds. The number of aliphatic hydroxyl groups is 1. The van der Waals surface area contributed by atoms with Crippen molar-refractivity contribution in [2.45, 2.75) is 39.7 Å². The highest BCUT2D eigenvalue weighted by Gasteiger charge is 2.08. The molecule has 0 aliphatic heterocycles. The van der Waals surface area contributed by atoms with Gasteiger partial charge >= 0.3 is 0 Å². The van der Waals surface area contributed by atoms with Gasteiger partial charge in [0.2, 0.25) is 0 Å². The van der Waals surface area contributed by atoms with E-state index >= 15 is 0 Å². The fraction of sp³-hybridized carbons (Fsp3) is 0.692. The number of aryl methyl sites for hydroxylation is 1. The van der Waals surface area contributed by atoms with Crippen LogP contribution >= 0.6 is 15.9 Å². The maximum atomic E-state index is 11.9. The standard InChI is InChI=1S/C13H22BrN3O2/c1-3-7-17-13(19)12(14)11(8-16-17)15-6-4-5-10(2)9-18/h8,10,15,18H,3-7,9H2,1-2H3. The van der Waals surface area contributed by atoms with Gasteiger partial charge in [0.25, 0.3) is 5.56 Å². The van der Waals surface area contributed by atoms with Crippen molar-refractivity contribution in [3.63, 3.8) is 0 Å². The second-order valence-corrected chi connectivity index (χ2v) is 5.55. The van der Waals surface area contributed by atoms with Gasteiger partial charge in [-0.15, -0.1) is 0 Å². The minimum atomic E-state index is -0.101. The summed E-state index contributed by atoms with van der Waals surface area (Å²) in [5, 5.41) is 16.3. The van der Waals surface area contributed by atoms with Gasteiger partial charge in [-0.1, -0.05) is 13.8 Å². The molecule has 1 aromatic rings. The van der Waals surface area contributed by atoms with Gasteiger partial charge in [0.05, 0.1) is 11.9 Å². The number of aromatic nitrogens is 2. The SMILES string of the molecule is CCCn1ncc(NCCCC(C)CO)c(Br)c1=O. The maximum Gasteiger partial charge on any atom is 0.283 e. The number of hydrogen-bond donors (Lipinski definition) is 2. The largest absolute Gasteiger partial charge is 0.396 e. The quantitative estimate of drug-likeness (QED) is 0.717. The van der Waals surface area contributed by atoms with E-state index in [1.165, 1.54) is 4.68 Å². The molecule has 6 heteroatoms. The lowest BCUT2D eigenvalue weighted by molar-refractivity contribution is 0.229. The topological polar surface area (TPSA) is 67.2 Å². The third-order valence-electron chi connectivity index (χ3n) is 2.92. The summed E-state index contributed by atoms with van der Waals surface area (Å²) in [6, 6.07) is 0. The van der Waals surface area contributed by atoms with Crippen LogP contribution in [0.4, 0.5) is 5.69 Å². The fourth-order valence-corrected chi connectivity index (χ4v) is 2.17. The van der Waals surface area contributed by atoms with E-state index in [1.807, 2.05) is 13.8 Å². The first-order valence-electron chi connectivity index (χ1n) is 6.70. The van der Waals surface area contributed by atoms with E-state index < -0.39 is 0 Å². The summed E-state index contributed by atoms with van der Waals surface area (Å²) < 4.78 is 1.99. The van der Waals surface area contributed by atoms with Gasteiger partial charge in [0, 0.05) is 19.7 Å². The lowest BCUT2D eigenvalue weighted by Gasteiger charge is -2.11. The van der Waals surface area contributed by atoms with Crippen LogP contribution in [0.5, 0.6) is 0 Å². The summed E-state index contributed by atoms with van der Waals surface area (Å²) >= 11 is 3.32. The van der Waals surface area contributed by atoms with E-state index in [9.17, 15) is 4.79 Å². The molecule has 108 valence electrons. The first-order chi connectivity index (χ1) is 9.10. The van der Waals surface area contributed by atoms with E-state index in [2.05, 4.69) is 26.3 Å². The minimum absolute atomic E-state index is 0.101. The predicted molar refractivity (Wildman–Crippen MR) is 80.5 cm³/mol. The van der Waals surface area contributed by atoms with E-state index in [4.69, 9.17) is 5.11 Å². The Morgan fingerprint density at radius 1 is 1.58 bits per heavy atom. The number of hydrogen-bond acceptors (Lipinski definition) is 4. The molecule has 0 radical (unpaired) electrons. The molecule has 0 fully saturated rings. The number of nitrogens with one attached hydrogen (secondary N) is 1. The van der Waals surface area contributed by atoms with Crippen molar-refractivity contribution in [1.29, 1.82) is 0 Å². The number of rotatable bonds is 8. The highest BCUT2D eigenvalue weighted by molar-refractivity contribution is 9.10. The number of nitrogens with zero attached hydrogens (tertiary/aromatic N) is 2. The van der Waals surface area contributed by atoms with E-state index in [0.717, 1.165) is 31.5 Å². The normalized spacial score (nSPS) is 12.4. The molecular formula is C13H22BrN3O2. The summed E-state index contributed by atoms with van der Waals surface area (Å²) in [4.78, 5) is 11.9. The van der Waals surface area contributed by atoms with Gasteiger partial charge in [-0.2, -0.15) is 5.10 Å². The lowest BCUT2D eigenvalue weighted by Crippen LogP contribution is -2.24. The predicted octanol–water partition coefficient (Wildman–Crippen LogP) is 2.24. The van der Waals surface area contributed by atoms with Crippen molar-refractivity contribution < 1.29 is 5.11 Å². The molecule has 0 saturated carbocycles. The Balaban J connectivity index is 2.55. The van der Waals surface area contributed by atoms with Crippen LogP contribution in [-0.2, 0) is 6.54 Å². The van der Waals surface area contributed by atoms with Gasteiger partial charge in [0.15, 0.2) is 0 Å². The highest BCUT2D eigenvalue weighted by Crippen LogP contribution is 2.16. The van der Waals surface area contributed by atoms with Crippen molar-refractivity contribution in [1.82, 2.24) is 9.78 Å². The Hall–Kier alpha value is -0.880. The molecule has 0 aliphatic rings. The van der Waals surface area contributed by atoms with E-state index in [-0.39, 0.29) is 12.2 Å². The highest BCUT2D eigenvalue weighted by atomic mass is 79.9. The molecule has 5 nitrogen and oxygen atoms in total. The molecule has 0 aromatic carbocycles. The summed E-state index contributed by atoms with van der Waals surface area (Å²) in [5.74, 6) is 0.320. The van der Waals surface area contributed by atoms with Crippen LogP contribution < -0.4 is 10.9 Å². The molecule has 1 aromatic heterocycles. The van der Waals surface area contributed by atoms with E-state index in [0.29, 0.717) is 16.9 Å². The minimum Gasteiger partial charge on any atom is -0.396 e. The fourth-order valence-electron chi connectivity index (χ4n) is 1.72. The Morgan fingerprint density at radius 2 is 2.32 bits per heavy atom. The summed E-state index contributed by atoms with van der Waals surface area (Å²) in [6.45, 7) is 5.64. The smallest absolute Gasteiger partial charge is 0.283 e. The van der Waals surface area contributed by atoms with Crippen LogP contribution in [-0.4, -0.2) is 28.0 Å². The van der Waals surface area contributed by atoms with Gasteiger partial charge in [-0.3, -0.25) is 4.79 Å². The molecule has 1 unspecified atom stereocenters. The molecule has 1 heterocycles. The second-order valence-electron chi connectivity index (χ2n) is 4.76. The summed E-state index contributed by atoms with van der Waals surface area (Å²) in [5.41, 5.74) is 0.629. The summed E-state index contributed by atoms with van der Waals surface area (Å²) in [6.07, 6.45) is 4.47. The molecule has 0 saturated heterocycles. The Bertz CT molecular complexity index is 448. The van der Waals surface area contributed by atoms with Crippen LogP contribution in [0, 0.1) is 5.92 Å². The number of halogens is 1. The van der Waals surface area contributed by atoms with Gasteiger partial charge < -0.3 is 10.4 Å². The molecule has 2 N–H and O–H groups in total. The summed E-state index contributed by atoms with van der Waals surface area (Å²) in [7, 11) is 0. The van der Waals surface area contributed by atoms with Gasteiger partial charge in [-0.25, -0.2) is 4.68 Å². The molecule has 0 aliphatic carbocycles. The van der Waals surface area contributed by atoms with E-state index in [1.54, 1.807) is 6.20 Å². The van der Waals surface area contributed by atoms with Gasteiger partial charge in [-0.05, 0) is 41.1 Å². The van der Waals surface area contributed by atoms with Crippen molar-refractivity contribution in [2.24, 2.45) is 5.92 Å². The monoisotopic (exact) mass is 331 g/mol. The lowest BCUT2D eigenvalue weighted by atomic mass is 10.1. The number of anilines is 1. The van der Waals surface area contributed by atoms with Crippen molar-refractivity contribution in [3.05, 3.63) is 21.0 Å². The third kappa shape index (κ3) is 4.95. The Morgan fingerprint density at radius 3 is 2.95 bits per heavy atom. The van der Waals surface area contributed by atoms with Crippen LogP contribution in [0.1, 0.15) is 33.1 Å². The van der Waals surface area contributed by atoms with Crippen LogP contribution in [0.15, 0.2) is 15.5 Å². The van der Waals surface area contributed by atoms with Crippen molar-refractivity contribution in [2.75, 3.05) is 18.5 Å². The maximum absolute atomic E-state index is 11.9. The zero-order valence-corrected chi connectivity index (χ0v) is 13.1. The van der Waals surface area contributed by atoms with Crippen molar-refractivity contribution >= 4 is 21.6 Å². The molecule has 0 bridgehead atoms. The van der Waals surface area contributed by atoms with Crippen LogP contribution in [0.3, 0.4) is 0 Å². The molecule has 19 heavy (non-hydrogen) atoms. The third-order valence-corrected chi connectivity index (χ3v) is 3.69. The zero-order chi connectivity index (χ0) is 14.3. The molecule has 0 spiro atoms. The molecule has 1 atom stereocenters. The Labute approximate surface area is 122 Å². The molecular weight excluding hydrogens is 310 g/mol. The average Bonchev–Trinajstić information content (AvgIpc) is 2.42. The first-order valence-corrected chi connectivity index (χ1v) is 7.49. The van der Waals surface area contributed by atoms with Crippen LogP contribution in [0.25, 0.3) is 0 Å². The van der Waals surface area contributed by atoms with Gasteiger partial charge in [0.1, 0.15) is 4.47 Å². The molecule has 1 rings (SSSR count). The van der Waals surface area contributed by atoms with Crippen LogP contribution in [0.2, 0.25) is 0 Å². The number of aliphatic hydroxyl groups excluding tert-OH is 1. The Kier molecular flexibility index (Phi) is 7.09. The first kappa shape index (κ1) is 16.2. The van der Waals surface area contributed by atoms with Crippen molar-refractivity contribution in [3.8, 4) is 0 Å².